The molecule has 0 saturated heterocycles. The molecule has 0 unspecified atom stereocenters. The fraction of sp³-hybridized carbons (Fsp3) is 0.455. The Morgan fingerprint density at radius 2 is 1.69 bits per heavy atom. The van der Waals surface area contributed by atoms with Gasteiger partial charge in [0.1, 0.15) is 0 Å². The molecule has 1 rings (SSSR count). The first-order valence-corrected chi connectivity index (χ1v) is 4.20. The van der Waals surface area contributed by atoms with Gasteiger partial charge in [-0.25, -0.2) is 0 Å². The summed E-state index contributed by atoms with van der Waals surface area (Å²) in [5.41, 5.74) is 1.70. The summed E-state index contributed by atoms with van der Waals surface area (Å²) >= 11 is 0. The Labute approximate surface area is 102 Å². The molecule has 1 nitrogen and oxygen atoms in total. The third-order valence-electron chi connectivity index (χ3n) is 2.02. The molecule has 0 heterocycles. The van der Waals surface area contributed by atoms with Crippen LogP contribution in [0.4, 0.5) is 0 Å². The Balaban J connectivity index is 0.00000144. The van der Waals surface area contributed by atoms with Gasteiger partial charge in [0.25, 0.3) is 0 Å². The average Bonchev–Trinajstić information content (AvgIpc) is 1.92. The number of rotatable bonds is 0. The topological polar surface area (TPSA) is 23.1 Å². The maximum Gasteiger partial charge on any atom is 1.00 e. The van der Waals surface area contributed by atoms with E-state index in [1.807, 2.05) is 25.1 Å². The van der Waals surface area contributed by atoms with Gasteiger partial charge in [-0.05, 0) is 12.3 Å². The van der Waals surface area contributed by atoms with Gasteiger partial charge < -0.3 is 5.11 Å². The summed E-state index contributed by atoms with van der Waals surface area (Å²) in [6, 6.07) is 5.71. The molecule has 0 aromatic heterocycles. The molecule has 0 aliphatic rings. The van der Waals surface area contributed by atoms with Crippen molar-refractivity contribution < 1.29 is 34.7 Å². The van der Waals surface area contributed by atoms with E-state index in [1.165, 1.54) is 0 Å². The van der Waals surface area contributed by atoms with Gasteiger partial charge >= 0.3 is 29.6 Å². The normalized spacial score (nSPS) is 10.8. The molecule has 0 aliphatic heterocycles. The van der Waals surface area contributed by atoms with E-state index < -0.39 is 0 Å². The Hall–Kier alpha value is 0.0200. The van der Waals surface area contributed by atoms with Crippen LogP contribution in [0.15, 0.2) is 18.2 Å². The molecule has 0 saturated carbocycles. The minimum Gasteiger partial charge on any atom is -0.872 e. The maximum atomic E-state index is 11.6. The van der Waals surface area contributed by atoms with E-state index in [1.54, 1.807) is 0 Å². The number of hydrogen-bond acceptors (Lipinski definition) is 1. The van der Waals surface area contributed by atoms with Crippen molar-refractivity contribution in [1.82, 2.24) is 0 Å². The molecule has 13 heavy (non-hydrogen) atoms. The zero-order chi connectivity index (χ0) is 9.35. The van der Waals surface area contributed by atoms with Crippen molar-refractivity contribution >= 4 is 0 Å². The maximum absolute atomic E-state index is 11.6. The third-order valence-corrected chi connectivity index (χ3v) is 2.02. The fourth-order valence-corrected chi connectivity index (χ4v) is 1.24. The van der Waals surface area contributed by atoms with Crippen LogP contribution in [0.2, 0.25) is 0 Å². The van der Waals surface area contributed by atoms with Crippen LogP contribution in [0.5, 0.6) is 5.75 Å². The minimum absolute atomic E-state index is 0. The summed E-state index contributed by atoms with van der Waals surface area (Å²) in [6.07, 6.45) is 0. The molecule has 1 aromatic rings. The second-order valence-corrected chi connectivity index (χ2v) is 4.20. The predicted octanol–water partition coefficient (Wildman–Crippen LogP) is -0.630. The van der Waals surface area contributed by atoms with E-state index in [9.17, 15) is 5.11 Å². The number of benzene rings is 1. The van der Waals surface area contributed by atoms with Gasteiger partial charge in [0.05, 0.1) is 0 Å². The van der Waals surface area contributed by atoms with Crippen LogP contribution in [0.3, 0.4) is 0 Å². The molecule has 0 radical (unpaired) electrons. The van der Waals surface area contributed by atoms with Crippen LogP contribution in [0.1, 0.15) is 31.9 Å². The van der Waals surface area contributed by atoms with Gasteiger partial charge in [-0.15, -0.1) is 5.75 Å². The zero-order valence-corrected chi connectivity index (χ0v) is 11.1. The van der Waals surface area contributed by atoms with Crippen molar-refractivity contribution in [3.8, 4) is 5.75 Å². The van der Waals surface area contributed by atoms with Gasteiger partial charge in [0, 0.05) is 0 Å². The molecule has 66 valence electrons. The molecule has 0 amide bonds. The monoisotopic (exact) mass is 186 g/mol. The molecule has 2 heteroatoms. The molecule has 0 aliphatic carbocycles. The zero-order valence-electron chi connectivity index (χ0n) is 9.14. The SMILES string of the molecule is Cc1cccc(C(C)(C)C)c1[O-].[Na+]. The molecular formula is C11H15NaO. The second kappa shape index (κ2) is 4.50. The summed E-state index contributed by atoms with van der Waals surface area (Å²) in [7, 11) is 0. The second-order valence-electron chi connectivity index (χ2n) is 4.20. The van der Waals surface area contributed by atoms with Crippen molar-refractivity contribution in [2.75, 3.05) is 0 Å². The quantitative estimate of drug-likeness (QED) is 0.495. The molecule has 0 atom stereocenters. The van der Waals surface area contributed by atoms with Gasteiger partial charge in [-0.1, -0.05) is 50.1 Å². The Bertz CT molecular complexity index is 287. The fourth-order valence-electron chi connectivity index (χ4n) is 1.24. The summed E-state index contributed by atoms with van der Waals surface area (Å²) < 4.78 is 0. The van der Waals surface area contributed by atoms with Gasteiger partial charge in [0.2, 0.25) is 0 Å². The largest absolute Gasteiger partial charge is 1.00 e. The first-order valence-electron chi connectivity index (χ1n) is 4.20. The van der Waals surface area contributed by atoms with E-state index in [-0.39, 0.29) is 40.7 Å². The van der Waals surface area contributed by atoms with Gasteiger partial charge in [0.15, 0.2) is 0 Å². The van der Waals surface area contributed by atoms with E-state index in [0.29, 0.717) is 0 Å². The van der Waals surface area contributed by atoms with Crippen molar-refractivity contribution in [3.63, 3.8) is 0 Å². The molecule has 0 fully saturated rings. The standard InChI is InChI=1S/C11H16O.Na/c1-8-6-5-7-9(10(8)12)11(2,3)4;/h5-7,12H,1-4H3;/q;+1/p-1. The number of hydrogen-bond donors (Lipinski definition) is 0. The smallest absolute Gasteiger partial charge is 0.872 e. The van der Waals surface area contributed by atoms with E-state index in [2.05, 4.69) is 20.8 Å². The molecule has 1 aromatic carbocycles. The summed E-state index contributed by atoms with van der Waals surface area (Å²) in [4.78, 5) is 0. The van der Waals surface area contributed by atoms with Crippen LogP contribution < -0.4 is 34.7 Å². The van der Waals surface area contributed by atoms with E-state index >= 15 is 0 Å². The van der Waals surface area contributed by atoms with E-state index in [4.69, 9.17) is 0 Å². The van der Waals surface area contributed by atoms with Crippen molar-refractivity contribution in [2.45, 2.75) is 33.1 Å². The Morgan fingerprint density at radius 1 is 1.15 bits per heavy atom. The Kier molecular flexibility index (Phi) is 4.50. The molecule has 0 bridgehead atoms. The summed E-state index contributed by atoms with van der Waals surface area (Å²) in [5, 5.41) is 11.6. The molecule has 0 spiro atoms. The van der Waals surface area contributed by atoms with Crippen molar-refractivity contribution in [2.24, 2.45) is 0 Å². The average molecular weight is 186 g/mol. The van der Waals surface area contributed by atoms with Crippen LogP contribution in [-0.2, 0) is 5.41 Å². The third kappa shape index (κ3) is 3.01. The van der Waals surface area contributed by atoms with Crippen LogP contribution >= 0.6 is 0 Å². The molecular weight excluding hydrogens is 171 g/mol. The van der Waals surface area contributed by atoms with Crippen molar-refractivity contribution in [3.05, 3.63) is 29.3 Å². The molecule has 0 N–H and O–H groups in total. The Morgan fingerprint density at radius 3 is 2.08 bits per heavy atom. The van der Waals surface area contributed by atoms with Gasteiger partial charge in [-0.3, -0.25) is 0 Å². The summed E-state index contributed by atoms with van der Waals surface area (Å²) in [6.45, 7) is 8.03. The van der Waals surface area contributed by atoms with E-state index in [0.717, 1.165) is 11.1 Å². The van der Waals surface area contributed by atoms with Crippen LogP contribution in [0, 0.1) is 6.92 Å². The first kappa shape index (κ1) is 13.0. The van der Waals surface area contributed by atoms with Crippen LogP contribution in [0.25, 0.3) is 0 Å². The minimum atomic E-state index is -0.0386. The van der Waals surface area contributed by atoms with Crippen LogP contribution in [-0.4, -0.2) is 0 Å². The first-order chi connectivity index (χ1) is 5.43. The summed E-state index contributed by atoms with van der Waals surface area (Å²) in [5.74, 6) is 0.185. The van der Waals surface area contributed by atoms with Gasteiger partial charge in [-0.2, -0.15) is 0 Å². The number of para-hydroxylation sites is 1. The predicted molar refractivity (Wildman–Crippen MR) is 49.3 cm³/mol. The van der Waals surface area contributed by atoms with Crippen molar-refractivity contribution in [1.29, 1.82) is 0 Å². The number of aryl methyl sites for hydroxylation is 1.